The average molecular weight is 404 g/mol. The van der Waals surface area contributed by atoms with Crippen molar-refractivity contribution in [2.45, 2.75) is 32.8 Å². The summed E-state index contributed by atoms with van der Waals surface area (Å²) < 4.78 is 7.83. The number of carbonyl (C=O) groups excluding carboxylic acids is 1. The first-order valence-corrected chi connectivity index (χ1v) is 9.25. The van der Waals surface area contributed by atoms with E-state index in [-0.39, 0.29) is 6.10 Å². The Hall–Kier alpha value is -2.80. The van der Waals surface area contributed by atoms with E-state index in [1.165, 1.54) is 11.6 Å². The third kappa shape index (κ3) is 3.26. The summed E-state index contributed by atoms with van der Waals surface area (Å²) in [5, 5.41) is 3.53. The number of ether oxygens (including phenoxy) is 1. The number of esters is 1. The van der Waals surface area contributed by atoms with Gasteiger partial charge in [-0.05, 0) is 38.5 Å². The molecule has 7 nitrogen and oxygen atoms in total. The molecule has 0 saturated carbocycles. The smallest absolute Gasteiger partial charge is 0.337 e. The Morgan fingerprint density at radius 3 is 2.50 bits per heavy atom. The molecule has 0 bridgehead atoms. The standard InChI is InChI=1S/C20H22ClN3O4/c1-10(2)28-19(26)14-11(3)22-17-16(18(25)24(5)20(27)23(17)4)15(14)12-7-6-8-13(21)9-12/h6-10,15,22H,1-5H3. The van der Waals surface area contributed by atoms with E-state index in [2.05, 4.69) is 5.32 Å². The molecule has 1 aliphatic heterocycles. The molecular weight excluding hydrogens is 382 g/mol. The minimum Gasteiger partial charge on any atom is -0.460 e. The van der Waals surface area contributed by atoms with Gasteiger partial charge in [-0.3, -0.25) is 13.9 Å². The lowest BCUT2D eigenvalue weighted by atomic mass is 9.82. The van der Waals surface area contributed by atoms with E-state index in [9.17, 15) is 14.4 Å². The van der Waals surface area contributed by atoms with Gasteiger partial charge in [0.1, 0.15) is 5.82 Å². The van der Waals surface area contributed by atoms with E-state index in [0.29, 0.717) is 33.2 Å². The zero-order valence-electron chi connectivity index (χ0n) is 16.4. The maximum atomic E-state index is 13.1. The first kappa shape index (κ1) is 19.9. The van der Waals surface area contributed by atoms with Gasteiger partial charge in [-0.25, -0.2) is 9.59 Å². The molecule has 1 unspecified atom stereocenters. The predicted octanol–water partition coefficient (Wildman–Crippen LogP) is 2.52. The summed E-state index contributed by atoms with van der Waals surface area (Å²) in [5.74, 6) is -0.880. The molecule has 0 saturated heterocycles. The van der Waals surface area contributed by atoms with Crippen LogP contribution in [0.5, 0.6) is 0 Å². The van der Waals surface area contributed by atoms with Gasteiger partial charge in [-0.1, -0.05) is 23.7 Å². The lowest BCUT2D eigenvalue weighted by Gasteiger charge is -2.31. The second-order valence-electron chi connectivity index (χ2n) is 7.07. The van der Waals surface area contributed by atoms with Crippen LogP contribution in [0.2, 0.25) is 5.02 Å². The van der Waals surface area contributed by atoms with Crippen LogP contribution in [0.3, 0.4) is 0 Å². The second-order valence-corrected chi connectivity index (χ2v) is 7.51. The van der Waals surface area contributed by atoms with E-state index >= 15 is 0 Å². The van der Waals surface area contributed by atoms with Gasteiger partial charge < -0.3 is 10.1 Å². The van der Waals surface area contributed by atoms with Crippen LogP contribution >= 0.6 is 11.6 Å². The second kappa shape index (κ2) is 7.31. The number of hydrogen-bond acceptors (Lipinski definition) is 5. The Bertz CT molecular complexity index is 1110. The van der Waals surface area contributed by atoms with Crippen molar-refractivity contribution in [3.05, 3.63) is 72.5 Å². The van der Waals surface area contributed by atoms with E-state index in [1.807, 2.05) is 0 Å². The fourth-order valence-corrected chi connectivity index (χ4v) is 3.65. The molecule has 1 N–H and O–H groups in total. The first-order valence-electron chi connectivity index (χ1n) is 8.87. The number of nitrogens with one attached hydrogen (secondary N) is 1. The van der Waals surface area contributed by atoms with Crippen molar-refractivity contribution in [2.24, 2.45) is 14.1 Å². The lowest BCUT2D eigenvalue weighted by molar-refractivity contribution is -0.143. The van der Waals surface area contributed by atoms with Gasteiger partial charge in [0.15, 0.2) is 0 Å². The first-order chi connectivity index (χ1) is 13.1. The van der Waals surface area contributed by atoms with Crippen LogP contribution in [-0.4, -0.2) is 21.2 Å². The molecule has 3 rings (SSSR count). The molecule has 0 fully saturated rings. The number of hydrogen-bond donors (Lipinski definition) is 1. The quantitative estimate of drug-likeness (QED) is 0.796. The number of fused-ring (bicyclic) bond motifs is 1. The average Bonchev–Trinajstić information content (AvgIpc) is 2.63. The number of aromatic nitrogens is 2. The highest BCUT2D eigenvalue weighted by Gasteiger charge is 2.37. The molecular formula is C20H22ClN3O4. The van der Waals surface area contributed by atoms with Gasteiger partial charge in [-0.2, -0.15) is 0 Å². The third-order valence-corrected chi connectivity index (χ3v) is 4.97. The highest BCUT2D eigenvalue weighted by atomic mass is 35.5. The molecule has 148 valence electrons. The molecule has 0 amide bonds. The lowest BCUT2D eigenvalue weighted by Crippen LogP contribution is -2.43. The summed E-state index contributed by atoms with van der Waals surface area (Å²) >= 11 is 6.18. The van der Waals surface area contributed by atoms with Crippen molar-refractivity contribution in [3.8, 4) is 0 Å². The summed E-state index contributed by atoms with van der Waals surface area (Å²) in [6.45, 7) is 5.24. The fraction of sp³-hybridized carbons (Fsp3) is 0.350. The number of anilines is 1. The largest absolute Gasteiger partial charge is 0.460 e. The molecule has 28 heavy (non-hydrogen) atoms. The molecule has 1 atom stereocenters. The monoisotopic (exact) mass is 403 g/mol. The van der Waals surface area contributed by atoms with Crippen LogP contribution in [0.25, 0.3) is 0 Å². The molecule has 2 heterocycles. The summed E-state index contributed by atoms with van der Waals surface area (Å²) in [6.07, 6.45) is -0.322. The highest BCUT2D eigenvalue weighted by Crippen LogP contribution is 2.40. The maximum Gasteiger partial charge on any atom is 0.337 e. The van der Waals surface area contributed by atoms with Crippen LogP contribution in [0.4, 0.5) is 5.82 Å². The van der Waals surface area contributed by atoms with Gasteiger partial charge in [0.2, 0.25) is 0 Å². The molecule has 1 aromatic carbocycles. The minimum atomic E-state index is -0.716. The predicted molar refractivity (Wildman–Crippen MR) is 108 cm³/mol. The number of nitrogens with zero attached hydrogens (tertiary/aromatic N) is 2. The van der Waals surface area contributed by atoms with Crippen LogP contribution in [0, 0.1) is 0 Å². The zero-order valence-corrected chi connectivity index (χ0v) is 17.1. The van der Waals surface area contributed by atoms with Gasteiger partial charge in [0.25, 0.3) is 5.56 Å². The van der Waals surface area contributed by atoms with Gasteiger partial charge in [0.05, 0.1) is 23.2 Å². The van der Waals surface area contributed by atoms with E-state index < -0.39 is 23.1 Å². The Morgan fingerprint density at radius 2 is 1.89 bits per heavy atom. The van der Waals surface area contributed by atoms with Gasteiger partial charge >= 0.3 is 11.7 Å². The molecule has 0 aliphatic carbocycles. The Kier molecular flexibility index (Phi) is 5.21. The molecule has 8 heteroatoms. The van der Waals surface area contributed by atoms with Gasteiger partial charge in [-0.15, -0.1) is 0 Å². The molecule has 0 radical (unpaired) electrons. The van der Waals surface area contributed by atoms with Crippen molar-refractivity contribution in [1.82, 2.24) is 9.13 Å². The van der Waals surface area contributed by atoms with Crippen LogP contribution in [-0.2, 0) is 23.6 Å². The summed E-state index contributed by atoms with van der Waals surface area (Å²) in [4.78, 5) is 38.4. The fourth-order valence-electron chi connectivity index (χ4n) is 3.46. The molecule has 1 aliphatic rings. The number of allylic oxidation sites excluding steroid dienone is 1. The van der Waals surface area contributed by atoms with Crippen molar-refractivity contribution < 1.29 is 9.53 Å². The van der Waals surface area contributed by atoms with Crippen molar-refractivity contribution >= 4 is 23.4 Å². The number of carbonyl (C=O) groups is 1. The van der Waals surface area contributed by atoms with E-state index in [1.54, 1.807) is 52.1 Å². The van der Waals surface area contributed by atoms with Crippen LogP contribution < -0.4 is 16.6 Å². The Labute approximate surface area is 167 Å². The maximum absolute atomic E-state index is 13.1. The topological polar surface area (TPSA) is 82.3 Å². The van der Waals surface area contributed by atoms with E-state index in [0.717, 1.165) is 4.57 Å². The third-order valence-electron chi connectivity index (χ3n) is 4.73. The van der Waals surface area contributed by atoms with Gasteiger partial charge in [0, 0.05) is 24.8 Å². The summed E-state index contributed by atoms with van der Waals surface area (Å²) in [5.41, 5.74) is 0.875. The number of rotatable bonds is 3. The number of benzene rings is 1. The van der Waals surface area contributed by atoms with Crippen LogP contribution in [0.15, 0.2) is 45.1 Å². The minimum absolute atomic E-state index is 0.299. The van der Waals surface area contributed by atoms with Crippen molar-refractivity contribution in [3.63, 3.8) is 0 Å². The molecule has 1 aromatic heterocycles. The van der Waals surface area contributed by atoms with Crippen molar-refractivity contribution in [2.75, 3.05) is 5.32 Å². The summed E-state index contributed by atoms with van der Waals surface area (Å²) in [7, 11) is 2.99. The number of halogens is 1. The Morgan fingerprint density at radius 1 is 1.21 bits per heavy atom. The molecule has 0 spiro atoms. The Balaban J connectivity index is 2.37. The SMILES string of the molecule is CC1=C(C(=O)OC(C)C)C(c2cccc(Cl)c2)c2c(n(C)c(=O)n(C)c2=O)N1. The van der Waals surface area contributed by atoms with Crippen LogP contribution in [0.1, 0.15) is 37.8 Å². The van der Waals surface area contributed by atoms with Crippen molar-refractivity contribution in [1.29, 1.82) is 0 Å². The highest BCUT2D eigenvalue weighted by molar-refractivity contribution is 6.30. The summed E-state index contributed by atoms with van der Waals surface area (Å²) in [6, 6.07) is 6.98. The van der Waals surface area contributed by atoms with E-state index in [4.69, 9.17) is 16.3 Å². The molecule has 2 aromatic rings. The normalized spacial score (nSPS) is 16.0. The zero-order chi connectivity index (χ0) is 20.7.